The van der Waals surface area contributed by atoms with Gasteiger partial charge >= 0.3 is 5.97 Å². The minimum Gasteiger partial charge on any atom is -0.481 e. The number of nitrogens with zero attached hydrogens (tertiary/aromatic N) is 5. The van der Waals surface area contributed by atoms with Crippen LogP contribution in [0.1, 0.15) is 119 Å². The molecule has 0 radical (unpaired) electrons. The molecule has 3 heterocycles. The number of ketones is 1. The SMILES string of the molecule is CN1CCN(C(N)=S)CC1.CN1CCN(c2nc(C3(c4ccccc4F)CCCCC3)cs2)CC1.O=C(CCl)C1(c2ccccc2F)CCCCC1.O=C(O)C1(c2ccccc2F)CCCCC1. The molecule has 5 fully saturated rings. The zero-order valence-corrected chi connectivity index (χ0v) is 42.3. The molecule has 2 saturated heterocycles. The maximum Gasteiger partial charge on any atom is 0.314 e. The van der Waals surface area contributed by atoms with E-state index >= 15 is 0 Å². The number of hydrogen-bond donors (Lipinski definition) is 2. The highest BCUT2D eigenvalue weighted by Crippen LogP contribution is 2.47. The molecule has 3 aromatic carbocycles. The van der Waals surface area contributed by atoms with E-state index in [4.69, 9.17) is 34.5 Å². The molecule has 15 heteroatoms. The van der Waals surface area contributed by atoms with Crippen molar-refractivity contribution in [2.75, 3.05) is 77.2 Å². The molecule has 5 aliphatic rings. The van der Waals surface area contributed by atoms with Crippen LogP contribution in [0.2, 0.25) is 0 Å². The van der Waals surface area contributed by atoms with Gasteiger partial charge < -0.3 is 30.4 Å². The lowest BCUT2D eigenvalue weighted by molar-refractivity contribution is -0.145. The van der Waals surface area contributed by atoms with E-state index in [0.717, 1.165) is 146 Å². The van der Waals surface area contributed by atoms with Crippen molar-refractivity contribution in [1.82, 2.24) is 19.7 Å². The Balaban J connectivity index is 0.000000157. The number of thiazole rings is 1. The number of hydrogen-bond acceptors (Lipinski definition) is 8. The minimum atomic E-state index is -0.996. The van der Waals surface area contributed by atoms with Crippen molar-refractivity contribution in [2.45, 2.75) is 113 Å². The zero-order valence-electron chi connectivity index (χ0n) is 39.9. The lowest BCUT2D eigenvalue weighted by atomic mass is 9.67. The monoisotopic (exact) mass is 994 g/mol. The third kappa shape index (κ3) is 12.8. The van der Waals surface area contributed by atoms with Gasteiger partial charge in [0.25, 0.3) is 0 Å². The number of alkyl halides is 1. The first-order valence-electron chi connectivity index (χ1n) is 24.5. The number of anilines is 1. The van der Waals surface area contributed by atoms with Crippen molar-refractivity contribution in [3.63, 3.8) is 0 Å². The standard InChI is InChI=1S/C20H26FN3S.C14H16ClFO.C13H15FO2.C6H13N3S/c1-23-11-13-24(14-12-23)19-22-18(15-25-19)20(9-5-2-6-10-20)16-7-3-4-8-17(16)21;15-10-13(17)14(8-4-1-5-9-14)11-6-2-3-7-12(11)16;14-11-7-3-2-6-10(11)13(12(15)16)8-4-1-5-9-13;1-8-2-4-9(5-3-8)6(7)10/h3-4,7-8,15H,2,5-6,9-14H2,1H3;2-3,6-7H,1,4-5,8-10H2;2-3,6-7H,1,4-5,8-9H2,(H,15,16);2-5H2,1H3,(H2,7,10). The Kier molecular flexibility index (Phi) is 19.7. The van der Waals surface area contributed by atoms with Gasteiger partial charge in [-0.3, -0.25) is 9.59 Å². The van der Waals surface area contributed by atoms with Crippen LogP contribution in [-0.2, 0) is 25.8 Å². The Morgan fingerprint density at radius 3 is 1.50 bits per heavy atom. The van der Waals surface area contributed by atoms with Crippen LogP contribution in [0, 0.1) is 17.5 Å². The van der Waals surface area contributed by atoms with Gasteiger partial charge in [0, 0.05) is 74.3 Å². The Morgan fingerprint density at radius 1 is 0.647 bits per heavy atom. The molecule has 0 atom stereocenters. The number of thiocarbonyl (C=S) groups is 1. The quantitative estimate of drug-likeness (QED) is 0.131. The summed E-state index contributed by atoms with van der Waals surface area (Å²) < 4.78 is 42.3. The first-order chi connectivity index (χ1) is 32.8. The molecule has 9 nitrogen and oxygen atoms in total. The summed E-state index contributed by atoms with van der Waals surface area (Å²) in [4.78, 5) is 37.7. The van der Waals surface area contributed by atoms with Gasteiger partial charge in [0.2, 0.25) is 0 Å². The maximum absolute atomic E-state index is 14.7. The minimum absolute atomic E-state index is 0.0334. The summed E-state index contributed by atoms with van der Waals surface area (Å²) in [6.45, 7) is 8.29. The fourth-order valence-electron chi connectivity index (χ4n) is 10.8. The van der Waals surface area contributed by atoms with Crippen LogP contribution < -0.4 is 10.6 Å². The highest BCUT2D eigenvalue weighted by atomic mass is 35.5. The van der Waals surface area contributed by atoms with Crippen LogP contribution in [0.5, 0.6) is 0 Å². The summed E-state index contributed by atoms with van der Waals surface area (Å²) >= 11 is 12.3. The van der Waals surface area contributed by atoms with Gasteiger partial charge in [-0.15, -0.1) is 22.9 Å². The fourth-order valence-corrected chi connectivity index (χ4v) is 12.2. The van der Waals surface area contributed by atoms with E-state index in [-0.39, 0.29) is 28.7 Å². The van der Waals surface area contributed by atoms with Gasteiger partial charge in [0.05, 0.1) is 22.4 Å². The molecule has 3 aliphatic carbocycles. The number of likely N-dealkylation sites (N-methyl/N-ethyl adjacent to an activating group) is 2. The van der Waals surface area contributed by atoms with Crippen molar-refractivity contribution < 1.29 is 27.9 Å². The van der Waals surface area contributed by atoms with E-state index in [9.17, 15) is 27.9 Å². The van der Waals surface area contributed by atoms with E-state index in [1.165, 1.54) is 18.6 Å². The highest BCUT2D eigenvalue weighted by Gasteiger charge is 2.44. The fraction of sp³-hybridized carbons (Fsp3) is 0.547. The largest absolute Gasteiger partial charge is 0.481 e. The summed E-state index contributed by atoms with van der Waals surface area (Å²) in [5.74, 6) is -1.73. The Morgan fingerprint density at radius 2 is 1.06 bits per heavy atom. The Bertz CT molecular complexity index is 2250. The number of halogens is 4. The number of carbonyl (C=O) groups excluding carboxylic acids is 1. The molecule has 0 bridgehead atoms. The van der Waals surface area contributed by atoms with Crippen molar-refractivity contribution in [3.8, 4) is 0 Å². The second-order valence-corrected chi connectivity index (χ2v) is 20.7. The molecule has 3 saturated carbocycles. The van der Waals surface area contributed by atoms with E-state index in [0.29, 0.717) is 29.1 Å². The van der Waals surface area contributed by atoms with Crippen molar-refractivity contribution in [2.24, 2.45) is 5.73 Å². The first kappa shape index (κ1) is 53.3. The van der Waals surface area contributed by atoms with Crippen LogP contribution >= 0.6 is 35.2 Å². The Hall–Kier alpha value is -4.08. The van der Waals surface area contributed by atoms with E-state index in [2.05, 4.69) is 34.2 Å². The number of carboxylic acids is 1. The number of piperazine rings is 2. The second kappa shape index (κ2) is 25.2. The van der Waals surface area contributed by atoms with Gasteiger partial charge in [-0.1, -0.05) is 112 Å². The smallest absolute Gasteiger partial charge is 0.314 e. The molecule has 3 N–H and O–H groups in total. The van der Waals surface area contributed by atoms with Crippen molar-refractivity contribution in [3.05, 3.63) is 118 Å². The summed E-state index contributed by atoms with van der Waals surface area (Å²) in [5, 5.41) is 13.2. The molecule has 2 aliphatic heterocycles. The number of aromatic nitrogens is 1. The number of benzene rings is 3. The number of carbonyl (C=O) groups is 2. The highest BCUT2D eigenvalue weighted by molar-refractivity contribution is 7.80. The normalized spacial score (nSPS) is 20.3. The molecule has 0 amide bonds. The topological polar surface area (TPSA) is 106 Å². The lowest BCUT2D eigenvalue weighted by Crippen LogP contribution is -2.48. The van der Waals surface area contributed by atoms with Gasteiger partial charge in [-0.25, -0.2) is 18.2 Å². The molecule has 370 valence electrons. The molecule has 9 rings (SSSR count). The molecule has 0 unspecified atom stereocenters. The second-order valence-electron chi connectivity index (χ2n) is 19.2. The molecule has 1 aromatic heterocycles. The van der Waals surface area contributed by atoms with Crippen LogP contribution in [0.15, 0.2) is 78.2 Å². The van der Waals surface area contributed by atoms with Crippen LogP contribution in [0.3, 0.4) is 0 Å². The van der Waals surface area contributed by atoms with Gasteiger partial charge in [-0.2, -0.15) is 0 Å². The lowest BCUT2D eigenvalue weighted by Gasteiger charge is -2.37. The van der Waals surface area contributed by atoms with Crippen LogP contribution in [0.25, 0.3) is 0 Å². The number of aliphatic carboxylic acids is 1. The van der Waals surface area contributed by atoms with Crippen molar-refractivity contribution in [1.29, 1.82) is 0 Å². The van der Waals surface area contributed by atoms with E-state index in [1.807, 2.05) is 17.0 Å². The van der Waals surface area contributed by atoms with Gasteiger partial charge in [0.15, 0.2) is 16.0 Å². The summed E-state index contributed by atoms with van der Waals surface area (Å²) in [6, 6.07) is 20.1. The molecular weight excluding hydrogens is 925 g/mol. The summed E-state index contributed by atoms with van der Waals surface area (Å²) in [5.41, 5.74) is 6.33. The third-order valence-corrected chi connectivity index (χ3v) is 16.3. The molecular formula is C53H70ClF3N6O3S2. The number of carboxylic acid groups (broad SMARTS) is 1. The summed E-state index contributed by atoms with van der Waals surface area (Å²) in [6.07, 6.45) is 13.9. The zero-order chi connectivity index (χ0) is 48.7. The molecule has 68 heavy (non-hydrogen) atoms. The number of rotatable bonds is 8. The van der Waals surface area contributed by atoms with E-state index in [1.54, 1.807) is 59.9 Å². The summed E-state index contributed by atoms with van der Waals surface area (Å²) in [7, 11) is 4.27. The predicted octanol–water partition coefficient (Wildman–Crippen LogP) is 10.7. The average Bonchev–Trinajstić information content (AvgIpc) is 3.87. The van der Waals surface area contributed by atoms with E-state index < -0.39 is 22.6 Å². The van der Waals surface area contributed by atoms with Gasteiger partial charge in [0.1, 0.15) is 17.5 Å². The predicted molar refractivity (Wildman–Crippen MR) is 274 cm³/mol. The first-order valence-corrected chi connectivity index (χ1v) is 26.3. The van der Waals surface area contributed by atoms with Crippen LogP contribution in [0.4, 0.5) is 18.3 Å². The van der Waals surface area contributed by atoms with Gasteiger partial charge in [-0.05, 0) is 88.6 Å². The number of nitrogens with two attached hydrogens (primary N) is 1. The average molecular weight is 996 g/mol. The third-order valence-electron chi connectivity index (χ3n) is 14.9. The maximum atomic E-state index is 14.7. The molecule has 4 aromatic rings. The number of Topliss-reactive ketones (excluding diaryl/α,β-unsaturated/α-hetero) is 1. The Labute approximate surface area is 416 Å². The van der Waals surface area contributed by atoms with Crippen molar-refractivity contribution >= 4 is 57.2 Å². The van der Waals surface area contributed by atoms with Crippen LogP contribution in [-0.4, -0.2) is 114 Å². The molecule has 0 spiro atoms.